The van der Waals surface area contributed by atoms with E-state index in [1.165, 1.54) is 16.7 Å². The normalized spacial score (nSPS) is 10.3. The molecule has 0 aliphatic rings. The molecule has 0 bridgehead atoms. The molecule has 0 saturated heterocycles. The summed E-state index contributed by atoms with van der Waals surface area (Å²) in [6.45, 7) is 4.75. The number of hydrogen-bond acceptors (Lipinski definition) is 2. The van der Waals surface area contributed by atoms with Gasteiger partial charge in [-0.2, -0.15) is 0 Å². The zero-order chi connectivity index (χ0) is 14.4. The van der Waals surface area contributed by atoms with Crippen molar-refractivity contribution in [1.29, 1.82) is 0 Å². The number of aromatic nitrogens is 1. The van der Waals surface area contributed by atoms with Gasteiger partial charge in [0.25, 0.3) is 0 Å². The minimum atomic E-state index is 0.0850. The van der Waals surface area contributed by atoms with Crippen LogP contribution in [0.1, 0.15) is 28.7 Å². The molecular formula is C17H20N2O. The number of nitrogens with zero attached hydrogens (tertiary/aromatic N) is 1. The second-order valence-electron chi connectivity index (χ2n) is 5.06. The SMILES string of the molecule is Cc1ccc(CNC(=O)CCc2ccncc2)c(C)c1. The van der Waals surface area contributed by atoms with Crippen LogP contribution in [0.4, 0.5) is 0 Å². The molecule has 20 heavy (non-hydrogen) atoms. The first-order valence-corrected chi connectivity index (χ1v) is 6.87. The van der Waals surface area contributed by atoms with Crippen molar-refractivity contribution in [3.8, 4) is 0 Å². The average molecular weight is 268 g/mol. The number of nitrogens with one attached hydrogen (secondary N) is 1. The topological polar surface area (TPSA) is 42.0 Å². The highest BCUT2D eigenvalue weighted by atomic mass is 16.1. The lowest BCUT2D eigenvalue weighted by molar-refractivity contribution is -0.121. The first-order valence-electron chi connectivity index (χ1n) is 6.87. The van der Waals surface area contributed by atoms with Crippen molar-refractivity contribution in [2.45, 2.75) is 33.2 Å². The highest BCUT2D eigenvalue weighted by molar-refractivity contribution is 5.76. The number of aryl methyl sites for hydroxylation is 3. The maximum absolute atomic E-state index is 11.8. The Labute approximate surface area is 120 Å². The molecular weight excluding hydrogens is 248 g/mol. The Bertz CT molecular complexity index is 579. The van der Waals surface area contributed by atoms with Gasteiger partial charge in [0, 0.05) is 25.4 Å². The molecule has 3 heteroatoms. The Balaban J connectivity index is 1.80. The van der Waals surface area contributed by atoms with Crippen molar-refractivity contribution < 1.29 is 4.79 Å². The van der Waals surface area contributed by atoms with Gasteiger partial charge in [-0.05, 0) is 49.1 Å². The Hall–Kier alpha value is -2.16. The minimum absolute atomic E-state index is 0.0850. The van der Waals surface area contributed by atoms with Crippen LogP contribution in [0.2, 0.25) is 0 Å². The van der Waals surface area contributed by atoms with Crippen LogP contribution in [-0.2, 0) is 17.8 Å². The molecule has 0 fully saturated rings. The molecule has 1 N–H and O–H groups in total. The van der Waals surface area contributed by atoms with E-state index in [1.54, 1.807) is 12.4 Å². The second kappa shape index (κ2) is 6.85. The van der Waals surface area contributed by atoms with Gasteiger partial charge in [-0.25, -0.2) is 0 Å². The van der Waals surface area contributed by atoms with Crippen molar-refractivity contribution in [2.75, 3.05) is 0 Å². The molecule has 0 atom stereocenters. The lowest BCUT2D eigenvalue weighted by Gasteiger charge is -2.09. The van der Waals surface area contributed by atoms with Crippen LogP contribution in [0, 0.1) is 13.8 Å². The van der Waals surface area contributed by atoms with E-state index in [-0.39, 0.29) is 5.91 Å². The number of carbonyl (C=O) groups is 1. The summed E-state index contributed by atoms with van der Waals surface area (Å²) in [5, 5.41) is 2.97. The zero-order valence-corrected chi connectivity index (χ0v) is 12.0. The molecule has 0 saturated carbocycles. The van der Waals surface area contributed by atoms with E-state index in [4.69, 9.17) is 0 Å². The van der Waals surface area contributed by atoms with E-state index in [0.717, 1.165) is 12.0 Å². The Morgan fingerprint density at radius 3 is 2.60 bits per heavy atom. The number of benzene rings is 1. The summed E-state index contributed by atoms with van der Waals surface area (Å²) in [7, 11) is 0. The van der Waals surface area contributed by atoms with Gasteiger partial charge >= 0.3 is 0 Å². The van der Waals surface area contributed by atoms with Crippen LogP contribution in [0.3, 0.4) is 0 Å². The lowest BCUT2D eigenvalue weighted by atomic mass is 10.1. The summed E-state index contributed by atoms with van der Waals surface area (Å²) in [6, 6.07) is 10.2. The maximum Gasteiger partial charge on any atom is 0.220 e. The Kier molecular flexibility index (Phi) is 4.88. The van der Waals surface area contributed by atoms with Gasteiger partial charge in [0.2, 0.25) is 5.91 Å². The van der Waals surface area contributed by atoms with Gasteiger partial charge in [-0.15, -0.1) is 0 Å². The first kappa shape index (κ1) is 14.3. The number of carbonyl (C=O) groups excluding carboxylic acids is 1. The molecule has 0 radical (unpaired) electrons. The molecule has 1 aromatic carbocycles. The van der Waals surface area contributed by atoms with E-state index < -0.39 is 0 Å². The van der Waals surface area contributed by atoms with Crippen molar-refractivity contribution in [2.24, 2.45) is 0 Å². The Morgan fingerprint density at radius 2 is 1.90 bits per heavy atom. The third kappa shape index (κ3) is 4.19. The lowest BCUT2D eigenvalue weighted by Crippen LogP contribution is -2.23. The van der Waals surface area contributed by atoms with Gasteiger partial charge in [-0.3, -0.25) is 9.78 Å². The number of rotatable bonds is 5. The average Bonchev–Trinajstić information content (AvgIpc) is 2.45. The van der Waals surface area contributed by atoms with Crippen LogP contribution in [-0.4, -0.2) is 10.9 Å². The highest BCUT2D eigenvalue weighted by Gasteiger charge is 2.04. The third-order valence-corrected chi connectivity index (χ3v) is 3.36. The van der Waals surface area contributed by atoms with Crippen molar-refractivity contribution in [3.05, 3.63) is 65.0 Å². The molecule has 3 nitrogen and oxygen atoms in total. The molecule has 2 aromatic rings. The fourth-order valence-electron chi connectivity index (χ4n) is 2.13. The first-order chi connectivity index (χ1) is 9.65. The minimum Gasteiger partial charge on any atom is -0.352 e. The van der Waals surface area contributed by atoms with Gasteiger partial charge in [0.1, 0.15) is 0 Å². The summed E-state index contributed by atoms with van der Waals surface area (Å²) in [6.07, 6.45) is 4.77. The standard InChI is InChI=1S/C17H20N2O/c1-13-3-5-16(14(2)11-13)12-19-17(20)6-4-15-7-9-18-10-8-15/h3,5,7-11H,4,6,12H2,1-2H3,(H,19,20). The molecule has 0 spiro atoms. The van der Waals surface area contributed by atoms with Gasteiger partial charge in [-0.1, -0.05) is 23.8 Å². The zero-order valence-electron chi connectivity index (χ0n) is 12.0. The summed E-state index contributed by atoms with van der Waals surface area (Å²) >= 11 is 0. The molecule has 2 rings (SSSR count). The van der Waals surface area contributed by atoms with Crippen LogP contribution < -0.4 is 5.32 Å². The third-order valence-electron chi connectivity index (χ3n) is 3.36. The molecule has 0 unspecified atom stereocenters. The summed E-state index contributed by atoms with van der Waals surface area (Å²) in [5.74, 6) is 0.0850. The number of amides is 1. The molecule has 0 aliphatic carbocycles. The quantitative estimate of drug-likeness (QED) is 0.906. The van der Waals surface area contributed by atoms with Crippen LogP contribution in [0.5, 0.6) is 0 Å². The fraction of sp³-hybridized carbons (Fsp3) is 0.294. The largest absolute Gasteiger partial charge is 0.352 e. The van der Waals surface area contributed by atoms with E-state index in [1.807, 2.05) is 12.1 Å². The predicted octanol–water partition coefficient (Wildman–Crippen LogP) is 2.95. The van der Waals surface area contributed by atoms with E-state index in [9.17, 15) is 4.79 Å². The van der Waals surface area contributed by atoms with Crippen LogP contribution in [0.25, 0.3) is 0 Å². The summed E-state index contributed by atoms with van der Waals surface area (Å²) < 4.78 is 0. The molecule has 1 aromatic heterocycles. The maximum atomic E-state index is 11.8. The summed E-state index contributed by atoms with van der Waals surface area (Å²) in [4.78, 5) is 15.8. The van der Waals surface area contributed by atoms with Crippen molar-refractivity contribution >= 4 is 5.91 Å². The molecule has 104 valence electrons. The number of hydrogen-bond donors (Lipinski definition) is 1. The fourth-order valence-corrected chi connectivity index (χ4v) is 2.13. The smallest absolute Gasteiger partial charge is 0.220 e. The van der Waals surface area contributed by atoms with Gasteiger partial charge in [0.15, 0.2) is 0 Å². The van der Waals surface area contributed by atoms with E-state index in [2.05, 4.69) is 42.3 Å². The second-order valence-corrected chi connectivity index (χ2v) is 5.06. The van der Waals surface area contributed by atoms with Crippen molar-refractivity contribution in [3.63, 3.8) is 0 Å². The van der Waals surface area contributed by atoms with Crippen molar-refractivity contribution in [1.82, 2.24) is 10.3 Å². The van der Waals surface area contributed by atoms with Crippen LogP contribution >= 0.6 is 0 Å². The molecule has 1 amide bonds. The molecule has 1 heterocycles. The predicted molar refractivity (Wildman–Crippen MR) is 80.3 cm³/mol. The molecule has 0 aliphatic heterocycles. The van der Waals surface area contributed by atoms with E-state index in [0.29, 0.717) is 13.0 Å². The summed E-state index contributed by atoms with van der Waals surface area (Å²) in [5.41, 5.74) is 4.78. The van der Waals surface area contributed by atoms with Gasteiger partial charge in [0.05, 0.1) is 0 Å². The number of pyridine rings is 1. The van der Waals surface area contributed by atoms with E-state index >= 15 is 0 Å². The van der Waals surface area contributed by atoms with Gasteiger partial charge < -0.3 is 5.32 Å². The van der Waals surface area contributed by atoms with Crippen LogP contribution in [0.15, 0.2) is 42.7 Å². The highest BCUT2D eigenvalue weighted by Crippen LogP contribution is 2.10. The Morgan fingerprint density at radius 1 is 1.15 bits per heavy atom. The monoisotopic (exact) mass is 268 g/mol.